The number of morpholine rings is 1. The van der Waals surface area contributed by atoms with Crippen molar-refractivity contribution in [1.29, 1.82) is 0 Å². The molecule has 0 unspecified atom stereocenters. The van der Waals surface area contributed by atoms with Gasteiger partial charge in [-0.15, -0.1) is 11.3 Å². The van der Waals surface area contributed by atoms with Gasteiger partial charge in [0.05, 0.1) is 52.1 Å². The average Bonchev–Trinajstić information content (AvgIpc) is 3.55. The first kappa shape index (κ1) is 28.3. The minimum Gasteiger partial charge on any atom is -0.421 e. The van der Waals surface area contributed by atoms with Gasteiger partial charge in [0.2, 0.25) is 5.91 Å². The van der Waals surface area contributed by atoms with Crippen molar-refractivity contribution < 1.29 is 19.1 Å². The lowest BCUT2D eigenvalue weighted by Crippen LogP contribution is -2.41. The molecule has 0 N–H and O–H groups in total. The number of thiazole rings is 1. The van der Waals surface area contributed by atoms with E-state index in [1.807, 2.05) is 37.1 Å². The van der Waals surface area contributed by atoms with E-state index in [0.717, 1.165) is 80.8 Å². The number of hydrogen-bond donors (Lipinski definition) is 0. The normalized spacial score (nSPS) is 16.1. The number of benzene rings is 1. The number of amides is 1. The van der Waals surface area contributed by atoms with E-state index >= 15 is 0 Å². The lowest BCUT2D eigenvalue weighted by atomic mass is 9.94. The zero-order valence-electron chi connectivity index (χ0n) is 24.2. The number of aryl methyl sites for hydroxylation is 2. The van der Waals surface area contributed by atoms with E-state index in [1.165, 1.54) is 6.42 Å². The molecule has 4 aromatic rings. The highest BCUT2D eigenvalue weighted by Crippen LogP contribution is 2.41. The Morgan fingerprint density at radius 2 is 1.88 bits per heavy atom. The van der Waals surface area contributed by atoms with Crippen LogP contribution in [0.4, 0.5) is 0 Å². The maximum absolute atomic E-state index is 13.5. The number of aromatic nitrogens is 3. The zero-order chi connectivity index (χ0) is 29.2. The molecule has 2 fully saturated rings. The molecule has 9 heteroatoms. The molecule has 0 bridgehead atoms. The topological polar surface area (TPSA) is 86.6 Å². The standard InChI is InChI=1S/C33H36N4O4S/c1-4-31(39)41-29-20-37(25-8-6-5-7-9-25)32(26(29)19-30(38)36-14-16-40-17-15-36)24-11-12-27-23(18-24)10-13-28(35-27)33-21(2)34-22(3)42-33/h4,10-13,18,20,25H,1,5-9,14-17,19H2,2-3H3. The van der Waals surface area contributed by atoms with Crippen LogP contribution in [-0.4, -0.2) is 57.6 Å². The summed E-state index contributed by atoms with van der Waals surface area (Å²) >= 11 is 1.65. The first-order chi connectivity index (χ1) is 20.4. The highest BCUT2D eigenvalue weighted by atomic mass is 32.1. The molecule has 1 amide bonds. The third-order valence-corrected chi connectivity index (χ3v) is 9.33. The second-order valence-electron chi connectivity index (χ2n) is 11.1. The number of ether oxygens (including phenoxy) is 2. The van der Waals surface area contributed by atoms with E-state index in [-0.39, 0.29) is 18.4 Å². The van der Waals surface area contributed by atoms with Crippen molar-refractivity contribution in [2.45, 2.75) is 58.4 Å². The summed E-state index contributed by atoms with van der Waals surface area (Å²) in [5, 5.41) is 2.02. The molecule has 1 aromatic carbocycles. The molecule has 1 saturated carbocycles. The third-order valence-electron chi connectivity index (χ3n) is 8.23. The summed E-state index contributed by atoms with van der Waals surface area (Å²) < 4.78 is 13.5. The summed E-state index contributed by atoms with van der Waals surface area (Å²) in [6.07, 6.45) is 8.81. The van der Waals surface area contributed by atoms with Gasteiger partial charge >= 0.3 is 5.97 Å². The number of esters is 1. The predicted molar refractivity (Wildman–Crippen MR) is 165 cm³/mol. The van der Waals surface area contributed by atoms with Gasteiger partial charge in [-0.05, 0) is 50.5 Å². The SMILES string of the molecule is C=CC(=O)Oc1cn(C2CCCCC2)c(-c2ccc3nc(-c4sc(C)nc4C)ccc3c2)c1CC(=O)N1CCOCC1. The van der Waals surface area contributed by atoms with Crippen molar-refractivity contribution in [2.24, 2.45) is 0 Å². The van der Waals surface area contributed by atoms with Crippen molar-refractivity contribution in [3.05, 3.63) is 65.4 Å². The quantitative estimate of drug-likeness (QED) is 0.184. The summed E-state index contributed by atoms with van der Waals surface area (Å²) in [5.74, 6) is -0.114. The van der Waals surface area contributed by atoms with E-state index in [1.54, 1.807) is 11.3 Å². The number of pyridine rings is 1. The molecule has 0 radical (unpaired) electrons. The monoisotopic (exact) mass is 584 g/mol. The Labute approximate surface area is 250 Å². The number of carbonyl (C=O) groups excluding carboxylic acids is 2. The third kappa shape index (κ3) is 5.76. The molecule has 0 spiro atoms. The van der Waals surface area contributed by atoms with Crippen molar-refractivity contribution in [3.8, 4) is 27.6 Å². The van der Waals surface area contributed by atoms with Crippen LogP contribution in [0.1, 0.15) is 54.4 Å². The summed E-state index contributed by atoms with van der Waals surface area (Å²) in [6.45, 7) is 9.79. The second kappa shape index (κ2) is 12.2. The van der Waals surface area contributed by atoms with E-state index in [0.29, 0.717) is 32.1 Å². The Balaban J connectivity index is 1.46. The van der Waals surface area contributed by atoms with Crippen LogP contribution in [0.5, 0.6) is 5.75 Å². The van der Waals surface area contributed by atoms with Gasteiger partial charge in [-0.2, -0.15) is 0 Å². The number of rotatable bonds is 7. The second-order valence-corrected chi connectivity index (χ2v) is 12.3. The van der Waals surface area contributed by atoms with Gasteiger partial charge in [0.15, 0.2) is 5.75 Å². The van der Waals surface area contributed by atoms with Crippen LogP contribution in [0.25, 0.3) is 32.7 Å². The minimum atomic E-state index is -0.536. The largest absolute Gasteiger partial charge is 0.421 e. The molecule has 1 aliphatic carbocycles. The lowest BCUT2D eigenvalue weighted by molar-refractivity contribution is -0.134. The molecular weight excluding hydrogens is 548 g/mol. The van der Waals surface area contributed by atoms with Crippen LogP contribution >= 0.6 is 11.3 Å². The summed E-state index contributed by atoms with van der Waals surface area (Å²) in [7, 11) is 0. The molecular formula is C33H36N4O4S. The molecule has 1 aliphatic heterocycles. The smallest absolute Gasteiger partial charge is 0.335 e. The van der Waals surface area contributed by atoms with Crippen molar-refractivity contribution in [3.63, 3.8) is 0 Å². The first-order valence-electron chi connectivity index (χ1n) is 14.7. The zero-order valence-corrected chi connectivity index (χ0v) is 25.0. The summed E-state index contributed by atoms with van der Waals surface area (Å²) in [4.78, 5) is 38.4. The fraction of sp³-hybridized carbons (Fsp3) is 0.394. The molecule has 42 heavy (non-hydrogen) atoms. The average molecular weight is 585 g/mol. The Morgan fingerprint density at radius 1 is 1.10 bits per heavy atom. The highest BCUT2D eigenvalue weighted by Gasteiger charge is 2.29. The summed E-state index contributed by atoms with van der Waals surface area (Å²) in [5.41, 5.74) is 5.42. The van der Waals surface area contributed by atoms with Gasteiger partial charge in [-0.3, -0.25) is 4.79 Å². The van der Waals surface area contributed by atoms with Crippen LogP contribution in [0.2, 0.25) is 0 Å². The summed E-state index contributed by atoms with van der Waals surface area (Å²) in [6, 6.07) is 10.6. The van der Waals surface area contributed by atoms with E-state index in [2.05, 4.69) is 34.3 Å². The minimum absolute atomic E-state index is 0.000774. The van der Waals surface area contributed by atoms with Gasteiger partial charge in [0, 0.05) is 42.4 Å². The molecule has 3 aromatic heterocycles. The number of hydrogen-bond acceptors (Lipinski definition) is 7. The molecule has 6 rings (SSSR count). The highest BCUT2D eigenvalue weighted by molar-refractivity contribution is 7.15. The van der Waals surface area contributed by atoms with E-state index in [4.69, 9.17) is 14.5 Å². The van der Waals surface area contributed by atoms with Gasteiger partial charge in [-0.1, -0.05) is 38.0 Å². The van der Waals surface area contributed by atoms with Gasteiger partial charge in [0.1, 0.15) is 0 Å². The molecule has 4 heterocycles. The molecule has 1 saturated heterocycles. The lowest BCUT2D eigenvalue weighted by Gasteiger charge is -2.28. The van der Waals surface area contributed by atoms with Crippen molar-refractivity contribution in [1.82, 2.24) is 19.4 Å². The number of fused-ring (bicyclic) bond motifs is 1. The van der Waals surface area contributed by atoms with Crippen LogP contribution in [-0.2, 0) is 20.7 Å². The Hall–Kier alpha value is -3.82. The predicted octanol–water partition coefficient (Wildman–Crippen LogP) is 6.44. The van der Waals surface area contributed by atoms with Crippen LogP contribution in [0.15, 0.2) is 49.2 Å². The van der Waals surface area contributed by atoms with Crippen LogP contribution in [0, 0.1) is 13.8 Å². The van der Waals surface area contributed by atoms with Crippen LogP contribution in [0.3, 0.4) is 0 Å². The number of nitrogens with zero attached hydrogens (tertiary/aromatic N) is 4. The van der Waals surface area contributed by atoms with Gasteiger partial charge in [0.25, 0.3) is 0 Å². The van der Waals surface area contributed by atoms with E-state index in [9.17, 15) is 9.59 Å². The fourth-order valence-corrected chi connectivity index (χ4v) is 7.05. The molecule has 2 aliphatic rings. The first-order valence-corrected chi connectivity index (χ1v) is 15.5. The molecule has 8 nitrogen and oxygen atoms in total. The maximum Gasteiger partial charge on any atom is 0.335 e. The Bertz CT molecular complexity index is 1640. The Morgan fingerprint density at radius 3 is 2.60 bits per heavy atom. The van der Waals surface area contributed by atoms with E-state index < -0.39 is 5.97 Å². The van der Waals surface area contributed by atoms with Crippen molar-refractivity contribution in [2.75, 3.05) is 26.3 Å². The fourth-order valence-electron chi connectivity index (χ4n) is 6.16. The molecule has 218 valence electrons. The van der Waals surface area contributed by atoms with Crippen molar-refractivity contribution >= 4 is 34.1 Å². The Kier molecular flexibility index (Phi) is 8.22. The number of carbonyl (C=O) groups is 2. The van der Waals surface area contributed by atoms with Crippen LogP contribution < -0.4 is 4.74 Å². The van der Waals surface area contributed by atoms with Gasteiger partial charge < -0.3 is 18.9 Å². The van der Waals surface area contributed by atoms with Gasteiger partial charge in [-0.25, -0.2) is 14.8 Å². The maximum atomic E-state index is 13.5. The molecule has 0 atom stereocenters.